The van der Waals surface area contributed by atoms with Crippen molar-refractivity contribution in [3.63, 3.8) is 0 Å². The van der Waals surface area contributed by atoms with E-state index < -0.39 is 0 Å². The second kappa shape index (κ2) is 3.13. The number of para-hydroxylation sites is 1. The zero-order valence-corrected chi connectivity index (χ0v) is 8.71. The maximum absolute atomic E-state index is 11.6. The Bertz CT molecular complexity index is 702. The van der Waals surface area contributed by atoms with Gasteiger partial charge < -0.3 is 4.57 Å². The fraction of sp³-hybridized carbons (Fsp3) is 0.0833. The maximum Gasteiger partial charge on any atom is 0.282 e. The van der Waals surface area contributed by atoms with E-state index in [0.29, 0.717) is 11.4 Å². The predicted octanol–water partition coefficient (Wildman–Crippen LogP) is 1.43. The first kappa shape index (κ1) is 9.03. The molecule has 0 radical (unpaired) electrons. The summed E-state index contributed by atoms with van der Waals surface area (Å²) in [6.07, 6.45) is 1.31. The SMILES string of the molecule is Cn1c2ncnc(=O)c-2cc2ccccc21. The molecule has 1 aromatic carbocycles. The van der Waals surface area contributed by atoms with Crippen molar-refractivity contribution in [3.05, 3.63) is 47.0 Å². The predicted molar refractivity (Wildman–Crippen MR) is 61.4 cm³/mol. The zero-order chi connectivity index (χ0) is 11.1. The van der Waals surface area contributed by atoms with Crippen molar-refractivity contribution < 1.29 is 0 Å². The Kier molecular flexibility index (Phi) is 1.77. The van der Waals surface area contributed by atoms with Crippen LogP contribution in [0.4, 0.5) is 0 Å². The van der Waals surface area contributed by atoms with Gasteiger partial charge in [0.1, 0.15) is 12.2 Å². The van der Waals surface area contributed by atoms with Crippen molar-refractivity contribution in [2.24, 2.45) is 7.05 Å². The van der Waals surface area contributed by atoms with Gasteiger partial charge in [-0.25, -0.2) is 4.98 Å². The molecule has 3 rings (SSSR count). The van der Waals surface area contributed by atoms with Crippen LogP contribution in [0.2, 0.25) is 0 Å². The quantitative estimate of drug-likeness (QED) is 0.528. The van der Waals surface area contributed by atoms with Crippen LogP contribution in [-0.2, 0) is 7.05 Å². The fourth-order valence-electron chi connectivity index (χ4n) is 1.95. The van der Waals surface area contributed by atoms with Crippen molar-refractivity contribution in [3.8, 4) is 11.4 Å². The first-order chi connectivity index (χ1) is 7.77. The highest BCUT2D eigenvalue weighted by Crippen LogP contribution is 2.22. The van der Waals surface area contributed by atoms with Crippen LogP contribution in [0.15, 0.2) is 41.5 Å². The Labute approximate surface area is 91.5 Å². The van der Waals surface area contributed by atoms with Gasteiger partial charge in [-0.3, -0.25) is 4.79 Å². The molecule has 0 spiro atoms. The minimum Gasteiger partial charge on any atom is -0.328 e. The molecule has 2 heterocycles. The summed E-state index contributed by atoms with van der Waals surface area (Å²) in [5.41, 5.74) is 1.38. The van der Waals surface area contributed by atoms with Crippen molar-refractivity contribution in [1.29, 1.82) is 0 Å². The lowest BCUT2D eigenvalue weighted by Crippen LogP contribution is -2.15. The number of nitrogens with zero attached hydrogens (tertiary/aromatic N) is 3. The Morgan fingerprint density at radius 2 is 2.00 bits per heavy atom. The first-order valence-electron chi connectivity index (χ1n) is 4.97. The molecule has 1 aromatic rings. The van der Waals surface area contributed by atoms with Crippen LogP contribution in [0, 0.1) is 0 Å². The van der Waals surface area contributed by atoms with Gasteiger partial charge in [0, 0.05) is 12.6 Å². The molecule has 0 saturated carbocycles. The largest absolute Gasteiger partial charge is 0.328 e. The third kappa shape index (κ3) is 1.13. The van der Waals surface area contributed by atoms with Crippen LogP contribution in [0.3, 0.4) is 0 Å². The van der Waals surface area contributed by atoms with E-state index in [4.69, 9.17) is 0 Å². The van der Waals surface area contributed by atoms with Gasteiger partial charge in [-0.15, -0.1) is 0 Å². The lowest BCUT2D eigenvalue weighted by Gasteiger charge is -2.12. The van der Waals surface area contributed by atoms with E-state index >= 15 is 0 Å². The van der Waals surface area contributed by atoms with Crippen molar-refractivity contribution in [1.82, 2.24) is 14.5 Å². The molecule has 0 atom stereocenters. The molecular formula is C12H9N3O. The van der Waals surface area contributed by atoms with Gasteiger partial charge in [-0.1, -0.05) is 18.2 Å². The van der Waals surface area contributed by atoms with Crippen LogP contribution in [0.1, 0.15) is 0 Å². The van der Waals surface area contributed by atoms with Gasteiger partial charge in [0.2, 0.25) is 0 Å². The van der Waals surface area contributed by atoms with Crippen LogP contribution in [-0.4, -0.2) is 14.5 Å². The lowest BCUT2D eigenvalue weighted by molar-refractivity contribution is 0.906. The number of fused-ring (bicyclic) bond motifs is 2. The topological polar surface area (TPSA) is 47.8 Å². The molecule has 16 heavy (non-hydrogen) atoms. The van der Waals surface area contributed by atoms with E-state index in [9.17, 15) is 4.79 Å². The third-order valence-corrected chi connectivity index (χ3v) is 2.74. The Hall–Kier alpha value is -2.23. The van der Waals surface area contributed by atoms with Gasteiger partial charge in [0.25, 0.3) is 5.56 Å². The Balaban J connectivity index is 2.61. The molecule has 2 aliphatic heterocycles. The molecule has 0 aliphatic carbocycles. The number of pyridine rings is 1. The van der Waals surface area contributed by atoms with E-state index in [1.54, 1.807) is 0 Å². The van der Waals surface area contributed by atoms with Gasteiger partial charge in [-0.2, -0.15) is 4.98 Å². The highest BCUT2D eigenvalue weighted by Gasteiger charge is 2.12. The number of rotatable bonds is 0. The minimum atomic E-state index is -0.230. The molecule has 0 aromatic heterocycles. The Morgan fingerprint density at radius 3 is 2.88 bits per heavy atom. The average molecular weight is 211 g/mol. The van der Waals surface area contributed by atoms with Crippen molar-refractivity contribution >= 4 is 10.9 Å². The van der Waals surface area contributed by atoms with Crippen LogP contribution in [0.5, 0.6) is 0 Å². The van der Waals surface area contributed by atoms with Gasteiger partial charge in [-0.05, 0) is 17.5 Å². The molecule has 0 saturated heterocycles. The maximum atomic E-state index is 11.6. The van der Waals surface area contributed by atoms with E-state index in [0.717, 1.165) is 10.9 Å². The number of hydrogen-bond acceptors (Lipinski definition) is 3. The molecular weight excluding hydrogens is 202 g/mol. The second-order valence-electron chi connectivity index (χ2n) is 3.68. The summed E-state index contributed by atoms with van der Waals surface area (Å²) >= 11 is 0. The summed E-state index contributed by atoms with van der Waals surface area (Å²) in [7, 11) is 1.90. The van der Waals surface area contributed by atoms with Gasteiger partial charge in [0.05, 0.1) is 5.56 Å². The highest BCUT2D eigenvalue weighted by atomic mass is 16.1. The highest BCUT2D eigenvalue weighted by molar-refractivity contribution is 5.85. The Morgan fingerprint density at radius 1 is 1.19 bits per heavy atom. The van der Waals surface area contributed by atoms with Crippen molar-refractivity contribution in [2.75, 3.05) is 0 Å². The molecule has 2 aliphatic rings. The molecule has 0 unspecified atom stereocenters. The molecule has 0 fully saturated rings. The first-order valence-corrected chi connectivity index (χ1v) is 4.97. The minimum absolute atomic E-state index is 0.230. The average Bonchev–Trinajstić information content (AvgIpc) is 2.31. The molecule has 4 heteroatoms. The van der Waals surface area contributed by atoms with Crippen LogP contribution < -0.4 is 5.56 Å². The summed E-state index contributed by atoms with van der Waals surface area (Å²) in [5.74, 6) is 0.665. The standard InChI is InChI=1S/C12H9N3O/c1-15-10-5-3-2-4-8(10)6-9-11(15)13-7-14-12(9)16/h2-7H,1H3. The molecule has 78 valence electrons. The molecule has 0 N–H and O–H groups in total. The number of benzene rings is 1. The molecule has 4 nitrogen and oxygen atoms in total. The monoisotopic (exact) mass is 211 g/mol. The van der Waals surface area contributed by atoms with Crippen molar-refractivity contribution in [2.45, 2.75) is 0 Å². The van der Waals surface area contributed by atoms with Crippen LogP contribution in [0.25, 0.3) is 22.3 Å². The number of aromatic nitrogens is 3. The van der Waals surface area contributed by atoms with Gasteiger partial charge in [0.15, 0.2) is 0 Å². The summed E-state index contributed by atoms with van der Waals surface area (Å²) in [6.45, 7) is 0. The van der Waals surface area contributed by atoms with E-state index in [1.165, 1.54) is 6.33 Å². The molecule has 0 amide bonds. The summed E-state index contributed by atoms with van der Waals surface area (Å²) in [5, 5.41) is 1.02. The zero-order valence-electron chi connectivity index (χ0n) is 8.71. The van der Waals surface area contributed by atoms with Crippen LogP contribution >= 0.6 is 0 Å². The van der Waals surface area contributed by atoms with E-state index in [2.05, 4.69) is 9.97 Å². The number of hydrogen-bond donors (Lipinski definition) is 0. The summed E-state index contributed by atoms with van der Waals surface area (Å²) in [4.78, 5) is 19.4. The normalized spacial score (nSPS) is 11.1. The number of aryl methyl sites for hydroxylation is 1. The van der Waals surface area contributed by atoms with E-state index in [-0.39, 0.29) is 5.56 Å². The second-order valence-corrected chi connectivity index (χ2v) is 3.68. The summed E-state index contributed by atoms with van der Waals surface area (Å²) < 4.78 is 1.91. The van der Waals surface area contributed by atoms with E-state index in [1.807, 2.05) is 41.9 Å². The fourth-order valence-corrected chi connectivity index (χ4v) is 1.95. The van der Waals surface area contributed by atoms with Gasteiger partial charge >= 0.3 is 0 Å². The molecule has 0 bridgehead atoms. The summed E-state index contributed by atoms with van der Waals surface area (Å²) in [6, 6.07) is 9.73. The lowest BCUT2D eigenvalue weighted by atomic mass is 10.1. The smallest absolute Gasteiger partial charge is 0.282 e. The third-order valence-electron chi connectivity index (χ3n) is 2.74.